The molecule has 2 aromatic carbocycles. The van der Waals surface area contributed by atoms with Gasteiger partial charge in [-0.2, -0.15) is 0 Å². The van der Waals surface area contributed by atoms with Gasteiger partial charge in [-0.15, -0.1) is 0 Å². The van der Waals surface area contributed by atoms with E-state index in [1.54, 1.807) is 7.11 Å². The molecule has 2 N–H and O–H groups in total. The van der Waals surface area contributed by atoms with Crippen molar-refractivity contribution in [2.75, 3.05) is 20.8 Å². The molecule has 1 aliphatic rings. The quantitative estimate of drug-likeness (QED) is 0.580. The number of nitrogens with one attached hydrogen (secondary N) is 2. The number of para-hydroxylation sites is 1. The zero-order valence-corrected chi connectivity index (χ0v) is 18.9. The first-order valence-electron chi connectivity index (χ1n) is 10.7. The van der Waals surface area contributed by atoms with E-state index in [9.17, 15) is 9.59 Å². The number of aromatic amines is 1. The van der Waals surface area contributed by atoms with Crippen LogP contribution in [0.2, 0.25) is 0 Å². The molecule has 0 aliphatic carbocycles. The maximum Gasteiger partial charge on any atom is 0.323 e. The number of likely N-dealkylation sites (tertiary alicyclic amines) is 1. The second-order valence-electron chi connectivity index (χ2n) is 8.33. The summed E-state index contributed by atoms with van der Waals surface area (Å²) in [6, 6.07) is 12.9. The molecule has 2 atom stereocenters. The van der Waals surface area contributed by atoms with Crippen LogP contribution in [0.4, 0.5) is 0 Å². The standard InChI is InChI=1S/C25H29N3O4/c1-15-16(2)26-23-20(15)9-6-10-21(23)24(29)27-18-12-22(25(30)32-4)28(14-18)13-17-7-5-8-19(11-17)31-3/h5-11,18,22,26H,12-14H2,1-4H3,(H,27,29)/t18-,22+/m1/s1. The molecular weight excluding hydrogens is 406 g/mol. The van der Waals surface area contributed by atoms with Crippen LogP contribution in [-0.2, 0) is 16.1 Å². The summed E-state index contributed by atoms with van der Waals surface area (Å²) >= 11 is 0. The highest BCUT2D eigenvalue weighted by Crippen LogP contribution is 2.26. The smallest absolute Gasteiger partial charge is 0.323 e. The first-order chi connectivity index (χ1) is 15.4. The van der Waals surface area contributed by atoms with Crippen LogP contribution >= 0.6 is 0 Å². The van der Waals surface area contributed by atoms with Crippen molar-refractivity contribution in [1.29, 1.82) is 0 Å². The molecule has 1 amide bonds. The molecule has 168 valence electrons. The predicted octanol–water partition coefficient (Wildman–Crippen LogP) is 3.34. The molecule has 0 saturated carbocycles. The van der Waals surface area contributed by atoms with Crippen LogP contribution in [0, 0.1) is 13.8 Å². The van der Waals surface area contributed by atoms with Crippen LogP contribution in [0.25, 0.3) is 10.9 Å². The van der Waals surface area contributed by atoms with E-state index in [1.807, 2.05) is 56.3 Å². The van der Waals surface area contributed by atoms with Crippen molar-refractivity contribution in [2.45, 2.75) is 38.9 Å². The molecule has 1 aliphatic heterocycles. The number of H-pyrrole nitrogens is 1. The van der Waals surface area contributed by atoms with Gasteiger partial charge in [0.25, 0.3) is 5.91 Å². The number of nitrogens with zero attached hydrogens (tertiary/aromatic N) is 1. The molecule has 32 heavy (non-hydrogen) atoms. The van der Waals surface area contributed by atoms with Crippen molar-refractivity contribution in [1.82, 2.24) is 15.2 Å². The minimum absolute atomic E-state index is 0.145. The van der Waals surface area contributed by atoms with Crippen LogP contribution in [0.1, 0.15) is 33.6 Å². The Kier molecular flexibility index (Phi) is 6.19. The van der Waals surface area contributed by atoms with E-state index >= 15 is 0 Å². The topological polar surface area (TPSA) is 83.7 Å². The number of rotatable bonds is 6. The Balaban J connectivity index is 1.52. The average molecular weight is 436 g/mol. The molecule has 0 unspecified atom stereocenters. The summed E-state index contributed by atoms with van der Waals surface area (Å²) in [5.41, 5.74) is 4.68. The van der Waals surface area contributed by atoms with E-state index in [2.05, 4.69) is 15.2 Å². The highest BCUT2D eigenvalue weighted by atomic mass is 16.5. The van der Waals surface area contributed by atoms with Gasteiger partial charge >= 0.3 is 5.97 Å². The van der Waals surface area contributed by atoms with Crippen molar-refractivity contribution >= 4 is 22.8 Å². The molecular formula is C25H29N3O4. The predicted molar refractivity (Wildman–Crippen MR) is 123 cm³/mol. The van der Waals surface area contributed by atoms with Gasteiger partial charge in [-0.25, -0.2) is 0 Å². The third-order valence-corrected chi connectivity index (χ3v) is 6.32. The second kappa shape index (κ2) is 9.04. The number of hydrogen-bond acceptors (Lipinski definition) is 5. The molecule has 1 aromatic heterocycles. The minimum Gasteiger partial charge on any atom is -0.497 e. The molecule has 1 fully saturated rings. The molecule has 7 heteroatoms. The van der Waals surface area contributed by atoms with E-state index in [-0.39, 0.29) is 17.9 Å². The number of methoxy groups -OCH3 is 2. The van der Waals surface area contributed by atoms with Crippen molar-refractivity contribution in [3.63, 3.8) is 0 Å². The van der Waals surface area contributed by atoms with Gasteiger partial charge in [0.05, 0.1) is 25.3 Å². The lowest BCUT2D eigenvalue weighted by atomic mass is 10.1. The summed E-state index contributed by atoms with van der Waals surface area (Å²) in [5, 5.41) is 4.18. The zero-order valence-electron chi connectivity index (χ0n) is 18.9. The van der Waals surface area contributed by atoms with Gasteiger partial charge in [-0.05, 0) is 49.6 Å². The van der Waals surface area contributed by atoms with Gasteiger partial charge in [-0.3, -0.25) is 14.5 Å². The number of fused-ring (bicyclic) bond motifs is 1. The largest absolute Gasteiger partial charge is 0.497 e. The molecule has 7 nitrogen and oxygen atoms in total. The van der Waals surface area contributed by atoms with Gasteiger partial charge in [0.1, 0.15) is 11.8 Å². The first-order valence-corrected chi connectivity index (χ1v) is 10.7. The van der Waals surface area contributed by atoms with Gasteiger partial charge in [0, 0.05) is 30.2 Å². The number of carbonyl (C=O) groups is 2. The van der Waals surface area contributed by atoms with Crippen molar-refractivity contribution in [2.24, 2.45) is 0 Å². The van der Waals surface area contributed by atoms with Crippen molar-refractivity contribution in [3.8, 4) is 5.75 Å². The molecule has 3 aromatic rings. The third-order valence-electron chi connectivity index (χ3n) is 6.32. The van der Waals surface area contributed by atoms with Gasteiger partial charge in [0.15, 0.2) is 0 Å². The number of amides is 1. The lowest BCUT2D eigenvalue weighted by Crippen LogP contribution is -2.37. The lowest BCUT2D eigenvalue weighted by Gasteiger charge is -2.22. The molecule has 2 heterocycles. The van der Waals surface area contributed by atoms with Crippen LogP contribution in [-0.4, -0.2) is 54.6 Å². The van der Waals surface area contributed by atoms with Crippen LogP contribution < -0.4 is 10.1 Å². The Hall–Kier alpha value is -3.32. The number of carbonyl (C=O) groups excluding carboxylic acids is 2. The molecule has 4 rings (SSSR count). The van der Waals surface area contributed by atoms with Crippen molar-refractivity contribution < 1.29 is 19.1 Å². The van der Waals surface area contributed by atoms with Gasteiger partial charge in [-0.1, -0.05) is 24.3 Å². The maximum absolute atomic E-state index is 13.1. The number of benzene rings is 2. The van der Waals surface area contributed by atoms with E-state index < -0.39 is 6.04 Å². The van der Waals surface area contributed by atoms with E-state index in [0.717, 1.165) is 33.5 Å². The van der Waals surface area contributed by atoms with Crippen LogP contribution in [0.5, 0.6) is 5.75 Å². The summed E-state index contributed by atoms with van der Waals surface area (Å²) in [6.07, 6.45) is 0.501. The lowest BCUT2D eigenvalue weighted by molar-refractivity contribution is -0.146. The summed E-state index contributed by atoms with van der Waals surface area (Å²) < 4.78 is 10.3. The number of hydrogen-bond donors (Lipinski definition) is 2. The maximum atomic E-state index is 13.1. The van der Waals surface area contributed by atoms with Gasteiger partial charge < -0.3 is 19.8 Å². The normalized spacial score (nSPS) is 18.6. The Morgan fingerprint density at radius 2 is 1.94 bits per heavy atom. The summed E-state index contributed by atoms with van der Waals surface area (Å²) in [5.74, 6) is 0.335. The number of aromatic nitrogens is 1. The number of ether oxygens (including phenoxy) is 2. The fraction of sp³-hybridized carbons (Fsp3) is 0.360. The third kappa shape index (κ3) is 4.21. The molecule has 0 spiro atoms. The fourth-order valence-electron chi connectivity index (χ4n) is 4.50. The van der Waals surface area contributed by atoms with Gasteiger partial charge in [0.2, 0.25) is 0 Å². The van der Waals surface area contributed by atoms with Crippen LogP contribution in [0.15, 0.2) is 42.5 Å². The highest BCUT2D eigenvalue weighted by Gasteiger charge is 2.38. The second-order valence-corrected chi connectivity index (χ2v) is 8.33. The number of aryl methyl sites for hydroxylation is 2. The summed E-state index contributed by atoms with van der Waals surface area (Å²) in [6.45, 7) is 5.17. The highest BCUT2D eigenvalue weighted by molar-refractivity contribution is 6.06. The Morgan fingerprint density at radius 1 is 1.16 bits per heavy atom. The Labute approximate surface area is 187 Å². The Morgan fingerprint density at radius 3 is 2.69 bits per heavy atom. The van der Waals surface area contributed by atoms with Crippen LogP contribution in [0.3, 0.4) is 0 Å². The molecule has 0 radical (unpaired) electrons. The van der Waals surface area contributed by atoms with E-state index in [0.29, 0.717) is 25.1 Å². The van der Waals surface area contributed by atoms with Crippen molar-refractivity contribution in [3.05, 3.63) is 64.8 Å². The first kappa shape index (κ1) is 21.9. The number of esters is 1. The Bertz CT molecular complexity index is 1150. The van der Waals surface area contributed by atoms with E-state index in [4.69, 9.17) is 9.47 Å². The van der Waals surface area contributed by atoms with E-state index in [1.165, 1.54) is 7.11 Å². The summed E-state index contributed by atoms with van der Waals surface area (Å²) in [4.78, 5) is 31.0. The monoisotopic (exact) mass is 435 g/mol. The average Bonchev–Trinajstić information content (AvgIpc) is 3.33. The fourth-order valence-corrected chi connectivity index (χ4v) is 4.50. The SMILES string of the molecule is COC(=O)[C@@H]1C[C@@H](NC(=O)c2cccc3c(C)c(C)[nH]c23)CN1Cc1cccc(OC)c1. The zero-order chi connectivity index (χ0) is 22.8. The molecule has 1 saturated heterocycles. The molecule has 0 bridgehead atoms. The summed E-state index contributed by atoms with van der Waals surface area (Å²) in [7, 11) is 3.03. The minimum atomic E-state index is -0.415.